The van der Waals surface area contributed by atoms with Gasteiger partial charge in [-0.05, 0) is 74.6 Å². The summed E-state index contributed by atoms with van der Waals surface area (Å²) in [5, 5.41) is 5.81. The topological polar surface area (TPSA) is 85.3 Å². The molecular formula is C26H29BrN4O3. The first kappa shape index (κ1) is 24.0. The lowest BCUT2D eigenvalue weighted by atomic mass is 9.92. The molecule has 2 N–H and O–H groups in total. The number of imidazole rings is 1. The highest BCUT2D eigenvalue weighted by atomic mass is 79.9. The average molecular weight is 525 g/mol. The Bertz CT molecular complexity index is 1200. The largest absolute Gasteiger partial charge is 0.444 e. The van der Waals surface area contributed by atoms with Crippen LogP contribution in [-0.2, 0) is 23.0 Å². The Morgan fingerprint density at radius 1 is 1.18 bits per heavy atom. The van der Waals surface area contributed by atoms with Crippen molar-refractivity contribution in [1.29, 1.82) is 0 Å². The summed E-state index contributed by atoms with van der Waals surface area (Å²) in [6.45, 7) is 5.40. The van der Waals surface area contributed by atoms with E-state index in [1.807, 2.05) is 48.0 Å². The van der Waals surface area contributed by atoms with Crippen molar-refractivity contribution in [2.24, 2.45) is 7.05 Å². The molecule has 1 aliphatic carbocycles. The van der Waals surface area contributed by atoms with Crippen molar-refractivity contribution in [3.63, 3.8) is 0 Å². The van der Waals surface area contributed by atoms with E-state index in [1.165, 1.54) is 5.56 Å². The number of halogens is 1. The van der Waals surface area contributed by atoms with Crippen LogP contribution in [-0.4, -0.2) is 33.2 Å². The Kier molecular flexibility index (Phi) is 6.79. The number of benzene rings is 2. The molecule has 1 aliphatic rings. The van der Waals surface area contributed by atoms with Crippen LogP contribution in [0.25, 0.3) is 11.3 Å². The normalized spacial score (nSPS) is 16.0. The zero-order valence-electron chi connectivity index (χ0n) is 19.8. The molecule has 0 bridgehead atoms. The minimum absolute atomic E-state index is 0.159. The number of aryl methyl sites for hydroxylation is 2. The second-order valence-electron chi connectivity index (χ2n) is 9.57. The van der Waals surface area contributed by atoms with Crippen molar-refractivity contribution < 1.29 is 14.3 Å². The fourth-order valence-corrected chi connectivity index (χ4v) is 4.69. The van der Waals surface area contributed by atoms with E-state index in [0.29, 0.717) is 5.69 Å². The number of aromatic nitrogens is 2. The highest BCUT2D eigenvalue weighted by molar-refractivity contribution is 9.10. The number of nitrogens with one attached hydrogen (secondary N) is 2. The summed E-state index contributed by atoms with van der Waals surface area (Å²) < 4.78 is 8.34. The van der Waals surface area contributed by atoms with E-state index in [-0.39, 0.29) is 11.8 Å². The lowest BCUT2D eigenvalue weighted by Crippen LogP contribution is -2.48. The predicted octanol–water partition coefficient (Wildman–Crippen LogP) is 5.41. The molecule has 2 aromatic carbocycles. The number of anilines is 1. The Morgan fingerprint density at radius 3 is 2.56 bits per heavy atom. The second kappa shape index (κ2) is 9.62. The molecule has 2 amide bonds. The van der Waals surface area contributed by atoms with Crippen molar-refractivity contribution in [2.45, 2.75) is 51.2 Å². The van der Waals surface area contributed by atoms with Gasteiger partial charge in [-0.15, -0.1) is 0 Å². The molecule has 0 spiro atoms. The van der Waals surface area contributed by atoms with Crippen LogP contribution in [0.5, 0.6) is 0 Å². The van der Waals surface area contributed by atoms with Crippen LogP contribution in [0.4, 0.5) is 10.5 Å². The number of fused-ring (bicyclic) bond motifs is 1. The van der Waals surface area contributed by atoms with Crippen molar-refractivity contribution >= 4 is 33.6 Å². The molecule has 0 unspecified atom stereocenters. The molecule has 2 atom stereocenters. The van der Waals surface area contributed by atoms with Gasteiger partial charge in [-0.25, -0.2) is 9.78 Å². The molecule has 0 fully saturated rings. The van der Waals surface area contributed by atoms with Gasteiger partial charge in [0.15, 0.2) is 0 Å². The van der Waals surface area contributed by atoms with Crippen LogP contribution in [0.1, 0.15) is 44.2 Å². The Morgan fingerprint density at radius 2 is 1.91 bits per heavy atom. The summed E-state index contributed by atoms with van der Waals surface area (Å²) in [5.41, 5.74) is 4.23. The molecule has 0 saturated carbocycles. The fraction of sp³-hybridized carbons (Fsp3) is 0.346. The zero-order chi connectivity index (χ0) is 24.5. The third-order valence-corrected chi connectivity index (χ3v) is 6.35. The van der Waals surface area contributed by atoms with Crippen LogP contribution in [0.2, 0.25) is 0 Å². The summed E-state index contributed by atoms with van der Waals surface area (Å²) >= 11 is 3.53. The summed E-state index contributed by atoms with van der Waals surface area (Å²) in [6.07, 6.45) is 4.55. The number of ether oxygens (including phenoxy) is 1. The highest BCUT2D eigenvalue weighted by Gasteiger charge is 2.36. The molecule has 0 aliphatic heterocycles. The first-order valence-electron chi connectivity index (χ1n) is 11.3. The van der Waals surface area contributed by atoms with Gasteiger partial charge >= 0.3 is 6.09 Å². The third kappa shape index (κ3) is 5.50. The monoisotopic (exact) mass is 524 g/mol. The molecule has 1 aromatic heterocycles. The Hall–Kier alpha value is -3.13. The predicted molar refractivity (Wildman–Crippen MR) is 136 cm³/mol. The molecule has 4 rings (SSSR count). The maximum Gasteiger partial charge on any atom is 0.408 e. The number of rotatable bonds is 5. The number of carbonyl (C=O) groups is 2. The Labute approximate surface area is 208 Å². The van der Waals surface area contributed by atoms with Crippen LogP contribution < -0.4 is 10.6 Å². The molecule has 7 nitrogen and oxygen atoms in total. The minimum atomic E-state index is -0.776. The van der Waals surface area contributed by atoms with Crippen molar-refractivity contribution in [1.82, 2.24) is 14.9 Å². The molecule has 8 heteroatoms. The number of hydrogen-bond donors (Lipinski definition) is 2. The maximum absolute atomic E-state index is 13.5. The smallest absolute Gasteiger partial charge is 0.408 e. The van der Waals surface area contributed by atoms with Crippen molar-refractivity contribution in [3.05, 3.63) is 70.6 Å². The van der Waals surface area contributed by atoms with Crippen molar-refractivity contribution in [2.75, 3.05) is 5.32 Å². The molecular weight excluding hydrogens is 496 g/mol. The van der Waals surface area contributed by atoms with Gasteiger partial charge in [0, 0.05) is 23.1 Å². The first-order chi connectivity index (χ1) is 16.1. The van der Waals surface area contributed by atoms with Crippen LogP contribution in [0, 0.1) is 0 Å². The molecule has 1 heterocycles. The zero-order valence-corrected chi connectivity index (χ0v) is 21.3. The maximum atomic E-state index is 13.5. The summed E-state index contributed by atoms with van der Waals surface area (Å²) in [5.74, 6) is -0.439. The van der Waals surface area contributed by atoms with Crippen LogP contribution >= 0.6 is 15.9 Å². The molecule has 0 radical (unpaired) electrons. The minimum Gasteiger partial charge on any atom is -0.444 e. The molecule has 34 heavy (non-hydrogen) atoms. The average Bonchev–Trinajstić information content (AvgIpc) is 3.37. The summed E-state index contributed by atoms with van der Waals surface area (Å²) in [4.78, 5) is 30.2. The van der Waals surface area contributed by atoms with E-state index in [4.69, 9.17) is 4.74 Å². The number of nitrogens with zero attached hydrogens (tertiary/aromatic N) is 2. The molecule has 0 saturated heterocycles. The lowest BCUT2D eigenvalue weighted by molar-refractivity contribution is -0.118. The van der Waals surface area contributed by atoms with Crippen molar-refractivity contribution in [3.8, 4) is 11.3 Å². The van der Waals surface area contributed by atoms with Crippen LogP contribution in [0.3, 0.4) is 0 Å². The fourth-order valence-electron chi connectivity index (χ4n) is 4.31. The summed E-state index contributed by atoms with van der Waals surface area (Å²) in [6, 6.07) is 12.9. The third-order valence-electron chi connectivity index (χ3n) is 5.85. The van der Waals surface area contributed by atoms with E-state index in [9.17, 15) is 9.59 Å². The Balaban J connectivity index is 1.56. The molecule has 178 valence electrons. The lowest BCUT2D eigenvalue weighted by Gasteiger charge is -2.27. The summed E-state index contributed by atoms with van der Waals surface area (Å²) in [7, 11) is 1.93. The standard InChI is InChI=1S/C26H29BrN4O3/c1-26(2,3)34-25(33)30-23(20-12-8-16-5-9-18(27)13-21(16)20)24(32)29-19-10-6-17(7-11-19)22-14-28-15-31(22)4/h5-7,9-11,13-15,20,23H,8,12H2,1-4H3,(H,29,32)(H,30,33)/t20-,23-/m0/s1. The second-order valence-corrected chi connectivity index (χ2v) is 10.5. The van der Waals surface area contributed by atoms with E-state index in [1.54, 1.807) is 33.3 Å². The number of alkyl carbamates (subject to hydrolysis) is 1. The highest BCUT2D eigenvalue weighted by Crippen LogP contribution is 2.37. The van der Waals surface area contributed by atoms with Gasteiger partial charge in [-0.2, -0.15) is 0 Å². The van der Waals surface area contributed by atoms with Gasteiger partial charge < -0.3 is 19.9 Å². The van der Waals surface area contributed by atoms with Gasteiger partial charge in [-0.3, -0.25) is 4.79 Å². The van der Waals surface area contributed by atoms with Gasteiger partial charge in [0.05, 0.1) is 18.2 Å². The van der Waals surface area contributed by atoms with E-state index >= 15 is 0 Å². The number of amides is 2. The van der Waals surface area contributed by atoms with Gasteiger partial charge in [0.25, 0.3) is 0 Å². The number of hydrogen-bond acceptors (Lipinski definition) is 4. The van der Waals surface area contributed by atoms with E-state index in [2.05, 4.69) is 37.6 Å². The van der Waals surface area contributed by atoms with E-state index in [0.717, 1.165) is 34.1 Å². The van der Waals surface area contributed by atoms with Gasteiger partial charge in [0.2, 0.25) is 5.91 Å². The number of carbonyl (C=O) groups excluding carboxylic acids is 2. The molecule has 3 aromatic rings. The van der Waals surface area contributed by atoms with Gasteiger partial charge in [0.1, 0.15) is 11.6 Å². The first-order valence-corrected chi connectivity index (χ1v) is 12.1. The quantitative estimate of drug-likeness (QED) is 0.467. The SMILES string of the molecule is Cn1cncc1-c1ccc(NC(=O)[C@@H](NC(=O)OC(C)(C)C)[C@H]2CCc3ccc(Br)cc32)cc1. The van der Waals surface area contributed by atoms with E-state index < -0.39 is 17.7 Å². The van der Waals surface area contributed by atoms with Gasteiger partial charge in [-0.1, -0.05) is 34.1 Å². The van der Waals surface area contributed by atoms with Crippen LogP contribution in [0.15, 0.2) is 59.5 Å².